The monoisotopic (exact) mass is 238 g/mol. The molecule has 0 aromatic carbocycles. The maximum atomic E-state index is 9.45. The minimum atomic E-state index is -0.234. The van der Waals surface area contributed by atoms with Crippen LogP contribution in [0.1, 0.15) is 12.2 Å². The molecule has 17 heavy (non-hydrogen) atoms. The molecule has 1 atom stereocenters. The standard InChI is InChI=1S/C10H18N6O/c1-15(2)10-13-8(12-9(11)14-10)6-16-4-3-7(17)5-16/h7,17H,3-6H2,1-2H3,(H2,11,12,13,14)/t7-/m0/s1. The molecule has 0 bridgehead atoms. The van der Waals surface area contributed by atoms with Gasteiger partial charge in [0.25, 0.3) is 0 Å². The SMILES string of the molecule is CN(C)c1nc(N)nc(CN2CC[C@H](O)C2)n1. The largest absolute Gasteiger partial charge is 0.392 e. The van der Waals surface area contributed by atoms with Crippen molar-refractivity contribution in [3.8, 4) is 0 Å². The lowest BCUT2D eigenvalue weighted by Crippen LogP contribution is -2.24. The van der Waals surface area contributed by atoms with Crippen LogP contribution in [0.15, 0.2) is 0 Å². The number of aliphatic hydroxyl groups is 1. The Kier molecular flexibility index (Phi) is 3.39. The van der Waals surface area contributed by atoms with Crippen LogP contribution < -0.4 is 10.6 Å². The summed E-state index contributed by atoms with van der Waals surface area (Å²) in [5, 5.41) is 9.45. The number of aliphatic hydroxyl groups excluding tert-OH is 1. The van der Waals surface area contributed by atoms with Crippen molar-refractivity contribution in [3.05, 3.63) is 5.82 Å². The van der Waals surface area contributed by atoms with Crippen LogP contribution in [-0.2, 0) is 6.54 Å². The molecule has 0 aliphatic carbocycles. The second kappa shape index (κ2) is 4.80. The third-order valence-electron chi connectivity index (χ3n) is 2.70. The highest BCUT2D eigenvalue weighted by Crippen LogP contribution is 2.13. The van der Waals surface area contributed by atoms with E-state index in [-0.39, 0.29) is 12.1 Å². The number of aromatic nitrogens is 3. The van der Waals surface area contributed by atoms with Crippen LogP contribution in [0.2, 0.25) is 0 Å². The fourth-order valence-electron chi connectivity index (χ4n) is 1.85. The average Bonchev–Trinajstić information content (AvgIpc) is 2.63. The minimum Gasteiger partial charge on any atom is -0.392 e. The molecular weight excluding hydrogens is 220 g/mol. The smallest absolute Gasteiger partial charge is 0.229 e. The van der Waals surface area contributed by atoms with Gasteiger partial charge in [0.15, 0.2) is 0 Å². The fourth-order valence-corrected chi connectivity index (χ4v) is 1.85. The van der Waals surface area contributed by atoms with E-state index in [4.69, 9.17) is 5.73 Å². The molecule has 1 aromatic rings. The highest BCUT2D eigenvalue weighted by molar-refractivity contribution is 5.32. The molecular formula is C10H18N6O. The van der Waals surface area contributed by atoms with E-state index in [9.17, 15) is 5.11 Å². The normalized spacial score (nSPS) is 20.8. The number of likely N-dealkylation sites (tertiary alicyclic amines) is 1. The fraction of sp³-hybridized carbons (Fsp3) is 0.700. The topological polar surface area (TPSA) is 91.4 Å². The van der Waals surface area contributed by atoms with Gasteiger partial charge in [-0.3, -0.25) is 4.90 Å². The van der Waals surface area contributed by atoms with Gasteiger partial charge in [-0.2, -0.15) is 15.0 Å². The summed E-state index contributed by atoms with van der Waals surface area (Å²) in [5.41, 5.74) is 5.64. The first-order valence-corrected chi connectivity index (χ1v) is 5.63. The van der Waals surface area contributed by atoms with E-state index < -0.39 is 0 Å². The Labute approximate surface area is 100 Å². The zero-order valence-corrected chi connectivity index (χ0v) is 10.2. The Morgan fingerprint density at radius 2 is 2.18 bits per heavy atom. The third kappa shape index (κ3) is 3.01. The number of nitrogen functional groups attached to an aromatic ring is 1. The van der Waals surface area contributed by atoms with Gasteiger partial charge in [0.1, 0.15) is 5.82 Å². The lowest BCUT2D eigenvalue weighted by molar-refractivity contribution is 0.174. The highest BCUT2D eigenvalue weighted by Gasteiger charge is 2.21. The molecule has 94 valence electrons. The van der Waals surface area contributed by atoms with Crippen LogP contribution in [0.4, 0.5) is 11.9 Å². The predicted molar refractivity (Wildman–Crippen MR) is 64.5 cm³/mol. The lowest BCUT2D eigenvalue weighted by atomic mass is 10.3. The highest BCUT2D eigenvalue weighted by atomic mass is 16.3. The molecule has 1 aliphatic heterocycles. The molecule has 0 radical (unpaired) electrons. The number of hydrogen-bond donors (Lipinski definition) is 2. The van der Waals surface area contributed by atoms with Crippen LogP contribution >= 0.6 is 0 Å². The summed E-state index contributed by atoms with van der Waals surface area (Å²) in [6.45, 7) is 2.14. The Morgan fingerprint density at radius 1 is 1.41 bits per heavy atom. The Bertz CT molecular complexity index is 396. The summed E-state index contributed by atoms with van der Waals surface area (Å²) in [7, 11) is 3.72. The first-order valence-electron chi connectivity index (χ1n) is 5.63. The van der Waals surface area contributed by atoms with Gasteiger partial charge in [-0.25, -0.2) is 0 Å². The second-order valence-electron chi connectivity index (χ2n) is 4.48. The molecule has 7 heteroatoms. The minimum absolute atomic E-state index is 0.234. The quantitative estimate of drug-likeness (QED) is 0.704. The Balaban J connectivity index is 2.10. The van der Waals surface area contributed by atoms with Crippen LogP contribution in [0.3, 0.4) is 0 Å². The lowest BCUT2D eigenvalue weighted by Gasteiger charge is -2.15. The van der Waals surface area contributed by atoms with Gasteiger partial charge >= 0.3 is 0 Å². The molecule has 1 fully saturated rings. The number of rotatable bonds is 3. The van der Waals surface area contributed by atoms with Crippen molar-refractivity contribution in [2.24, 2.45) is 0 Å². The van der Waals surface area contributed by atoms with E-state index in [1.54, 1.807) is 4.90 Å². The number of nitrogens with zero attached hydrogens (tertiary/aromatic N) is 5. The van der Waals surface area contributed by atoms with Crippen LogP contribution in [-0.4, -0.2) is 58.2 Å². The molecule has 1 aromatic heterocycles. The molecule has 0 amide bonds. The average molecular weight is 238 g/mol. The number of anilines is 2. The van der Waals surface area contributed by atoms with Gasteiger partial charge in [0.2, 0.25) is 11.9 Å². The van der Waals surface area contributed by atoms with Crippen molar-refractivity contribution in [1.82, 2.24) is 19.9 Å². The summed E-state index contributed by atoms with van der Waals surface area (Å²) in [6, 6.07) is 0. The van der Waals surface area contributed by atoms with Crippen molar-refractivity contribution >= 4 is 11.9 Å². The summed E-state index contributed by atoms with van der Waals surface area (Å²) in [5.74, 6) is 1.45. The maximum Gasteiger partial charge on any atom is 0.229 e. The summed E-state index contributed by atoms with van der Waals surface area (Å²) in [4.78, 5) is 16.4. The van der Waals surface area contributed by atoms with Gasteiger partial charge in [-0.05, 0) is 6.42 Å². The molecule has 1 aliphatic rings. The van der Waals surface area contributed by atoms with Crippen molar-refractivity contribution in [2.75, 3.05) is 37.8 Å². The Morgan fingerprint density at radius 3 is 2.76 bits per heavy atom. The van der Waals surface area contributed by atoms with E-state index in [2.05, 4.69) is 19.9 Å². The van der Waals surface area contributed by atoms with E-state index in [1.807, 2.05) is 14.1 Å². The first kappa shape index (κ1) is 12.0. The maximum absolute atomic E-state index is 9.45. The van der Waals surface area contributed by atoms with Gasteiger partial charge in [-0.15, -0.1) is 0 Å². The third-order valence-corrected chi connectivity index (χ3v) is 2.70. The summed E-state index contributed by atoms with van der Waals surface area (Å²) >= 11 is 0. The van der Waals surface area contributed by atoms with E-state index in [1.165, 1.54) is 0 Å². The van der Waals surface area contributed by atoms with Crippen LogP contribution in [0.5, 0.6) is 0 Å². The van der Waals surface area contributed by atoms with Gasteiger partial charge < -0.3 is 15.7 Å². The van der Waals surface area contributed by atoms with Gasteiger partial charge in [0.05, 0.1) is 12.6 Å². The van der Waals surface area contributed by atoms with Crippen LogP contribution in [0.25, 0.3) is 0 Å². The molecule has 0 saturated carbocycles. The van der Waals surface area contributed by atoms with Crippen molar-refractivity contribution in [2.45, 2.75) is 19.1 Å². The van der Waals surface area contributed by atoms with Gasteiger partial charge in [0, 0.05) is 27.2 Å². The van der Waals surface area contributed by atoms with E-state index in [0.717, 1.165) is 13.0 Å². The van der Waals surface area contributed by atoms with Crippen molar-refractivity contribution in [3.63, 3.8) is 0 Å². The summed E-state index contributed by atoms with van der Waals surface area (Å²) < 4.78 is 0. The zero-order valence-electron chi connectivity index (χ0n) is 10.2. The molecule has 3 N–H and O–H groups in total. The number of nitrogens with two attached hydrogens (primary N) is 1. The van der Waals surface area contributed by atoms with E-state index in [0.29, 0.717) is 24.9 Å². The van der Waals surface area contributed by atoms with Gasteiger partial charge in [-0.1, -0.05) is 0 Å². The molecule has 0 spiro atoms. The van der Waals surface area contributed by atoms with E-state index >= 15 is 0 Å². The Hall–Kier alpha value is -1.47. The molecule has 2 rings (SSSR count). The molecule has 0 unspecified atom stereocenters. The second-order valence-corrected chi connectivity index (χ2v) is 4.48. The first-order chi connectivity index (χ1) is 8.04. The molecule has 2 heterocycles. The molecule has 7 nitrogen and oxygen atoms in total. The number of β-amino-alcohol motifs (C(OH)–C–C–N with tert-alkyl or cyclic N) is 1. The summed E-state index contributed by atoms with van der Waals surface area (Å²) in [6.07, 6.45) is 0.573. The molecule has 1 saturated heterocycles. The van der Waals surface area contributed by atoms with Crippen molar-refractivity contribution in [1.29, 1.82) is 0 Å². The zero-order chi connectivity index (χ0) is 12.4. The number of hydrogen-bond acceptors (Lipinski definition) is 7. The van der Waals surface area contributed by atoms with Crippen molar-refractivity contribution < 1.29 is 5.11 Å². The van der Waals surface area contributed by atoms with Crippen LogP contribution in [0, 0.1) is 0 Å². The predicted octanol–water partition coefficient (Wildman–Crippen LogP) is -0.914.